The Morgan fingerprint density at radius 3 is 1.90 bits per heavy atom. The molecule has 228 valence electrons. The second-order valence-corrected chi connectivity index (χ2v) is 12.0. The van der Waals surface area contributed by atoms with Gasteiger partial charge >= 0.3 is 0 Å². The average molecular weight is 626 g/mol. The molecule has 9 rings (SSSR count). The number of fused-ring (bicyclic) bond motifs is 5. The molecule has 6 aromatic carbocycles. The summed E-state index contributed by atoms with van der Waals surface area (Å²) in [5.41, 5.74) is 11.2. The van der Waals surface area contributed by atoms with E-state index in [1.165, 1.54) is 0 Å². The van der Waals surface area contributed by atoms with Crippen molar-refractivity contribution in [2.75, 3.05) is 0 Å². The van der Waals surface area contributed by atoms with Crippen LogP contribution in [0, 0.1) is 11.3 Å². The summed E-state index contributed by atoms with van der Waals surface area (Å²) in [7, 11) is 0. The first-order valence-corrected chi connectivity index (χ1v) is 16.2. The number of para-hydroxylation sites is 3. The van der Waals surface area contributed by atoms with Crippen LogP contribution >= 0.6 is 0 Å². The van der Waals surface area contributed by atoms with Gasteiger partial charge in [-0.15, -0.1) is 0 Å². The molecule has 3 aromatic heterocycles. The monoisotopic (exact) mass is 625 g/mol. The summed E-state index contributed by atoms with van der Waals surface area (Å²) in [6, 6.07) is 57.8. The van der Waals surface area contributed by atoms with Gasteiger partial charge in [-0.05, 0) is 42.5 Å². The summed E-state index contributed by atoms with van der Waals surface area (Å²) in [6.45, 7) is 0. The lowest BCUT2D eigenvalue weighted by Crippen LogP contribution is -1.97. The van der Waals surface area contributed by atoms with E-state index in [1.807, 2.05) is 60.7 Å². The minimum Gasteiger partial charge on any atom is -0.308 e. The summed E-state index contributed by atoms with van der Waals surface area (Å²) in [5, 5.41) is 12.9. The summed E-state index contributed by atoms with van der Waals surface area (Å²) in [6.07, 6.45) is 0. The highest BCUT2D eigenvalue weighted by atomic mass is 15.0. The molecule has 49 heavy (non-hydrogen) atoms. The fourth-order valence-electron chi connectivity index (χ4n) is 6.74. The SMILES string of the molecule is N#Cc1cccc(-c2cc(-c3ccccc3)nc(-c3ccc(-c4nc5ccccc5c5c4c4ccccc4n5-c4ccccc4)cc3)n2)c1. The molecule has 0 amide bonds. The van der Waals surface area contributed by atoms with Crippen molar-refractivity contribution in [3.8, 4) is 56.9 Å². The fourth-order valence-corrected chi connectivity index (χ4v) is 6.74. The van der Waals surface area contributed by atoms with Crippen molar-refractivity contribution in [2.24, 2.45) is 0 Å². The number of benzene rings is 6. The van der Waals surface area contributed by atoms with Gasteiger partial charge in [0.15, 0.2) is 5.82 Å². The Balaban J connectivity index is 1.24. The predicted octanol–water partition coefficient (Wildman–Crippen LogP) is 10.7. The number of nitrogens with zero attached hydrogens (tertiary/aromatic N) is 5. The van der Waals surface area contributed by atoms with E-state index in [0.29, 0.717) is 11.4 Å². The maximum Gasteiger partial charge on any atom is 0.160 e. The van der Waals surface area contributed by atoms with E-state index in [-0.39, 0.29) is 0 Å². The first kappa shape index (κ1) is 28.3. The molecular weight excluding hydrogens is 599 g/mol. The van der Waals surface area contributed by atoms with E-state index in [2.05, 4.69) is 108 Å². The topological polar surface area (TPSA) is 67.4 Å². The lowest BCUT2D eigenvalue weighted by molar-refractivity contribution is 1.18. The van der Waals surface area contributed by atoms with Crippen LogP contribution in [0.5, 0.6) is 0 Å². The standard InChI is InChI=1S/C44H27N5/c45-28-29-12-11-15-33(26-29)39-27-38(30-13-3-1-4-14-30)47-44(48-39)32-24-22-31(23-25-32)42-41-36-19-8-10-21-40(36)49(34-16-5-2-6-17-34)43(41)35-18-7-9-20-37(35)46-42/h1-27H. The molecule has 0 radical (unpaired) electrons. The van der Waals surface area contributed by atoms with Crippen molar-refractivity contribution in [2.45, 2.75) is 0 Å². The summed E-state index contributed by atoms with van der Waals surface area (Å²) < 4.78 is 2.36. The molecule has 0 N–H and O–H groups in total. The molecule has 0 aliphatic rings. The maximum absolute atomic E-state index is 9.55. The predicted molar refractivity (Wildman–Crippen MR) is 198 cm³/mol. The van der Waals surface area contributed by atoms with Gasteiger partial charge in [0.2, 0.25) is 0 Å². The van der Waals surface area contributed by atoms with E-state index >= 15 is 0 Å². The molecule has 5 nitrogen and oxygen atoms in total. The second-order valence-electron chi connectivity index (χ2n) is 12.0. The zero-order valence-electron chi connectivity index (χ0n) is 26.3. The van der Waals surface area contributed by atoms with Gasteiger partial charge in [0.25, 0.3) is 0 Å². The number of hydrogen-bond acceptors (Lipinski definition) is 4. The van der Waals surface area contributed by atoms with Crippen LogP contribution in [0.15, 0.2) is 164 Å². The van der Waals surface area contributed by atoms with Crippen LogP contribution in [0.25, 0.3) is 83.6 Å². The molecule has 0 aliphatic heterocycles. The zero-order valence-corrected chi connectivity index (χ0v) is 26.3. The molecule has 0 unspecified atom stereocenters. The Bertz CT molecular complexity index is 2710. The molecule has 0 fully saturated rings. The van der Waals surface area contributed by atoms with Gasteiger partial charge in [-0.2, -0.15) is 5.26 Å². The van der Waals surface area contributed by atoms with Crippen LogP contribution in [0.3, 0.4) is 0 Å². The Labute approximate surface area is 283 Å². The van der Waals surface area contributed by atoms with Gasteiger partial charge in [-0.25, -0.2) is 15.0 Å². The Hall–Kier alpha value is -6.90. The molecular formula is C44H27N5. The molecule has 0 atom stereocenters. The number of nitriles is 1. The van der Waals surface area contributed by atoms with Crippen molar-refractivity contribution in [1.82, 2.24) is 19.5 Å². The van der Waals surface area contributed by atoms with Crippen LogP contribution in [0.2, 0.25) is 0 Å². The lowest BCUT2D eigenvalue weighted by Gasteiger charge is -2.12. The van der Waals surface area contributed by atoms with E-state index in [4.69, 9.17) is 15.0 Å². The maximum atomic E-state index is 9.55. The number of pyridine rings is 1. The summed E-state index contributed by atoms with van der Waals surface area (Å²) in [5.74, 6) is 0.613. The third-order valence-electron chi connectivity index (χ3n) is 9.02. The minimum absolute atomic E-state index is 0.589. The van der Waals surface area contributed by atoms with Gasteiger partial charge in [-0.1, -0.05) is 121 Å². The highest BCUT2D eigenvalue weighted by Gasteiger charge is 2.20. The largest absolute Gasteiger partial charge is 0.308 e. The van der Waals surface area contributed by atoms with Crippen LogP contribution in [0.1, 0.15) is 5.56 Å². The Morgan fingerprint density at radius 2 is 1.12 bits per heavy atom. The van der Waals surface area contributed by atoms with Crippen molar-refractivity contribution in [1.29, 1.82) is 5.26 Å². The van der Waals surface area contributed by atoms with Gasteiger partial charge in [-0.3, -0.25) is 0 Å². The van der Waals surface area contributed by atoms with E-state index < -0.39 is 0 Å². The van der Waals surface area contributed by atoms with Crippen LogP contribution in [-0.4, -0.2) is 19.5 Å². The number of hydrogen-bond donors (Lipinski definition) is 0. The molecule has 0 saturated carbocycles. The van der Waals surface area contributed by atoms with Gasteiger partial charge in [0.05, 0.1) is 45.3 Å². The third kappa shape index (κ3) is 4.91. The third-order valence-corrected chi connectivity index (χ3v) is 9.02. The zero-order chi connectivity index (χ0) is 32.7. The second kappa shape index (κ2) is 11.7. The highest BCUT2D eigenvalue weighted by molar-refractivity contribution is 6.22. The first-order chi connectivity index (χ1) is 24.2. The first-order valence-electron chi connectivity index (χ1n) is 16.2. The minimum atomic E-state index is 0.589. The van der Waals surface area contributed by atoms with Crippen molar-refractivity contribution in [3.63, 3.8) is 0 Å². The van der Waals surface area contributed by atoms with E-state index in [9.17, 15) is 5.26 Å². The molecule has 0 saturated heterocycles. The number of rotatable bonds is 5. The smallest absolute Gasteiger partial charge is 0.160 e. The van der Waals surface area contributed by atoms with Crippen LogP contribution in [-0.2, 0) is 0 Å². The number of aromatic nitrogens is 4. The van der Waals surface area contributed by atoms with Crippen LogP contribution < -0.4 is 0 Å². The quantitative estimate of drug-likeness (QED) is 0.191. The summed E-state index contributed by atoms with van der Waals surface area (Å²) >= 11 is 0. The van der Waals surface area contributed by atoms with Gasteiger partial charge < -0.3 is 4.57 Å². The fraction of sp³-hybridized carbons (Fsp3) is 0. The normalized spacial score (nSPS) is 11.2. The van der Waals surface area contributed by atoms with Gasteiger partial charge in [0, 0.05) is 44.1 Å². The van der Waals surface area contributed by atoms with Crippen molar-refractivity contribution in [3.05, 3.63) is 169 Å². The molecule has 0 spiro atoms. The van der Waals surface area contributed by atoms with E-state index in [0.717, 1.165) is 77.7 Å². The Kier molecular flexibility index (Phi) is 6.78. The molecule has 9 aromatic rings. The average Bonchev–Trinajstić information content (AvgIpc) is 3.54. The van der Waals surface area contributed by atoms with Crippen molar-refractivity contribution >= 4 is 32.7 Å². The van der Waals surface area contributed by atoms with Crippen LogP contribution in [0.4, 0.5) is 0 Å². The summed E-state index contributed by atoms with van der Waals surface area (Å²) in [4.78, 5) is 15.3. The van der Waals surface area contributed by atoms with E-state index in [1.54, 1.807) is 6.07 Å². The Morgan fingerprint density at radius 1 is 0.490 bits per heavy atom. The molecule has 3 heterocycles. The highest BCUT2D eigenvalue weighted by Crippen LogP contribution is 2.41. The molecule has 5 heteroatoms. The molecule has 0 bridgehead atoms. The lowest BCUT2D eigenvalue weighted by atomic mass is 10.0. The van der Waals surface area contributed by atoms with Crippen molar-refractivity contribution < 1.29 is 0 Å². The molecule has 0 aliphatic carbocycles. The van der Waals surface area contributed by atoms with Gasteiger partial charge in [0.1, 0.15) is 0 Å².